The minimum absolute atomic E-state index is 0.380. The molecule has 17 heavy (non-hydrogen) atoms. The minimum atomic E-state index is 0.380. The molecular formula is C15H23NO. The van der Waals surface area contributed by atoms with Gasteiger partial charge in [-0.05, 0) is 49.7 Å². The van der Waals surface area contributed by atoms with Crippen molar-refractivity contribution in [2.24, 2.45) is 17.6 Å². The summed E-state index contributed by atoms with van der Waals surface area (Å²) in [5, 5.41) is 0. The van der Waals surface area contributed by atoms with Gasteiger partial charge in [-0.1, -0.05) is 25.1 Å². The second-order valence-corrected chi connectivity index (χ2v) is 5.29. The first-order valence-electron chi connectivity index (χ1n) is 6.69. The van der Waals surface area contributed by atoms with Crippen LogP contribution in [-0.2, 0) is 0 Å². The Hall–Kier alpha value is -1.02. The highest BCUT2D eigenvalue weighted by molar-refractivity contribution is 5.20. The number of nitrogens with two attached hydrogens (primary N) is 1. The summed E-state index contributed by atoms with van der Waals surface area (Å²) in [5.74, 6) is 2.43. The predicted octanol–water partition coefficient (Wildman–Crippen LogP) is 3.22. The van der Waals surface area contributed by atoms with Crippen LogP contribution in [0.25, 0.3) is 0 Å². The van der Waals surface area contributed by atoms with Crippen LogP contribution in [0.5, 0.6) is 5.75 Å². The highest BCUT2D eigenvalue weighted by Gasteiger charge is 2.25. The summed E-state index contributed by atoms with van der Waals surface area (Å²) in [7, 11) is 0. The van der Waals surface area contributed by atoms with Crippen molar-refractivity contribution in [3.05, 3.63) is 30.3 Å². The fraction of sp³-hybridized carbons (Fsp3) is 0.600. The Bertz CT molecular complexity index is 325. The molecule has 0 saturated heterocycles. The van der Waals surface area contributed by atoms with Crippen molar-refractivity contribution < 1.29 is 4.74 Å². The maximum Gasteiger partial charge on any atom is 0.119 e. The van der Waals surface area contributed by atoms with Crippen molar-refractivity contribution in [1.29, 1.82) is 0 Å². The molecule has 94 valence electrons. The summed E-state index contributed by atoms with van der Waals surface area (Å²) in [4.78, 5) is 0. The van der Waals surface area contributed by atoms with Crippen LogP contribution in [0.3, 0.4) is 0 Å². The van der Waals surface area contributed by atoms with E-state index in [1.54, 1.807) is 0 Å². The third-order valence-electron chi connectivity index (χ3n) is 3.80. The van der Waals surface area contributed by atoms with Crippen molar-refractivity contribution in [1.82, 2.24) is 0 Å². The fourth-order valence-corrected chi connectivity index (χ4v) is 2.70. The molecule has 3 unspecified atom stereocenters. The molecular weight excluding hydrogens is 210 g/mol. The normalized spacial score (nSPS) is 28.9. The van der Waals surface area contributed by atoms with Gasteiger partial charge in [0.1, 0.15) is 5.75 Å². The van der Waals surface area contributed by atoms with Crippen molar-refractivity contribution in [3.63, 3.8) is 0 Å². The number of rotatable bonds is 4. The largest absolute Gasteiger partial charge is 0.494 e. The van der Waals surface area contributed by atoms with Crippen LogP contribution < -0.4 is 10.5 Å². The molecule has 0 amide bonds. The molecule has 0 radical (unpaired) electrons. The van der Waals surface area contributed by atoms with E-state index < -0.39 is 0 Å². The Morgan fingerprint density at radius 3 is 2.76 bits per heavy atom. The lowest BCUT2D eigenvalue weighted by molar-refractivity contribution is 0.195. The van der Waals surface area contributed by atoms with Crippen LogP contribution in [0.15, 0.2) is 30.3 Å². The molecule has 0 spiro atoms. The summed E-state index contributed by atoms with van der Waals surface area (Å²) in [6.45, 7) is 3.12. The lowest BCUT2D eigenvalue weighted by atomic mass is 9.78. The molecule has 0 aromatic heterocycles. The highest BCUT2D eigenvalue weighted by atomic mass is 16.5. The quantitative estimate of drug-likeness (QED) is 0.866. The van der Waals surface area contributed by atoms with Gasteiger partial charge in [0.15, 0.2) is 0 Å². The fourth-order valence-electron chi connectivity index (χ4n) is 2.70. The van der Waals surface area contributed by atoms with Gasteiger partial charge >= 0.3 is 0 Å². The molecule has 3 atom stereocenters. The number of para-hydroxylation sites is 1. The molecule has 1 aromatic carbocycles. The van der Waals surface area contributed by atoms with Crippen LogP contribution >= 0.6 is 0 Å². The smallest absolute Gasteiger partial charge is 0.119 e. The maximum absolute atomic E-state index is 6.17. The summed E-state index contributed by atoms with van der Waals surface area (Å²) in [5.41, 5.74) is 6.17. The van der Waals surface area contributed by atoms with Gasteiger partial charge in [-0.25, -0.2) is 0 Å². The molecule has 1 aromatic rings. The molecule has 0 heterocycles. The van der Waals surface area contributed by atoms with E-state index in [4.69, 9.17) is 10.5 Å². The van der Waals surface area contributed by atoms with E-state index in [-0.39, 0.29) is 0 Å². The van der Waals surface area contributed by atoms with Crippen molar-refractivity contribution >= 4 is 0 Å². The molecule has 2 N–H and O–H groups in total. The highest BCUT2D eigenvalue weighted by Crippen LogP contribution is 2.30. The number of hydrogen-bond acceptors (Lipinski definition) is 2. The van der Waals surface area contributed by atoms with E-state index in [0.29, 0.717) is 12.0 Å². The lowest BCUT2D eigenvalue weighted by Gasteiger charge is -2.32. The van der Waals surface area contributed by atoms with Crippen LogP contribution in [-0.4, -0.2) is 12.6 Å². The van der Waals surface area contributed by atoms with Gasteiger partial charge in [0.2, 0.25) is 0 Å². The van der Waals surface area contributed by atoms with E-state index in [9.17, 15) is 0 Å². The van der Waals surface area contributed by atoms with Gasteiger partial charge < -0.3 is 10.5 Å². The molecule has 0 aliphatic heterocycles. The minimum Gasteiger partial charge on any atom is -0.494 e. The first kappa shape index (κ1) is 12.4. The van der Waals surface area contributed by atoms with E-state index in [0.717, 1.165) is 24.7 Å². The average Bonchev–Trinajstić information content (AvgIpc) is 2.35. The average molecular weight is 233 g/mol. The zero-order chi connectivity index (χ0) is 12.1. The lowest BCUT2D eigenvalue weighted by Crippen LogP contribution is -2.36. The Morgan fingerprint density at radius 1 is 1.24 bits per heavy atom. The summed E-state index contributed by atoms with van der Waals surface area (Å²) < 4.78 is 5.74. The molecule has 1 saturated carbocycles. The second kappa shape index (κ2) is 6.06. The standard InChI is InChI=1S/C15H23NO/c1-12-7-8-15(16)13(11-12)9-10-17-14-5-3-2-4-6-14/h2-6,12-13,15H,7-11,16H2,1H3. The molecule has 1 fully saturated rings. The molecule has 2 heteroatoms. The van der Waals surface area contributed by atoms with E-state index in [1.807, 2.05) is 30.3 Å². The topological polar surface area (TPSA) is 35.2 Å². The van der Waals surface area contributed by atoms with E-state index in [2.05, 4.69) is 6.92 Å². The van der Waals surface area contributed by atoms with Crippen LogP contribution in [0.2, 0.25) is 0 Å². The zero-order valence-corrected chi connectivity index (χ0v) is 10.6. The Balaban J connectivity index is 1.74. The second-order valence-electron chi connectivity index (χ2n) is 5.29. The van der Waals surface area contributed by atoms with Crippen LogP contribution in [0.4, 0.5) is 0 Å². The van der Waals surface area contributed by atoms with Crippen LogP contribution in [0, 0.1) is 11.8 Å². The first-order valence-corrected chi connectivity index (χ1v) is 6.69. The number of ether oxygens (including phenoxy) is 1. The molecule has 2 nitrogen and oxygen atoms in total. The SMILES string of the molecule is CC1CCC(N)C(CCOc2ccccc2)C1. The van der Waals surface area contributed by atoms with Gasteiger partial charge in [0, 0.05) is 6.04 Å². The third-order valence-corrected chi connectivity index (χ3v) is 3.80. The van der Waals surface area contributed by atoms with Crippen molar-refractivity contribution in [2.75, 3.05) is 6.61 Å². The van der Waals surface area contributed by atoms with Gasteiger partial charge in [-0.2, -0.15) is 0 Å². The van der Waals surface area contributed by atoms with Crippen molar-refractivity contribution in [2.45, 2.75) is 38.6 Å². The molecule has 0 bridgehead atoms. The number of hydrogen-bond donors (Lipinski definition) is 1. The van der Waals surface area contributed by atoms with Gasteiger partial charge in [0.05, 0.1) is 6.61 Å². The third kappa shape index (κ3) is 3.74. The van der Waals surface area contributed by atoms with Gasteiger partial charge in [-0.15, -0.1) is 0 Å². The van der Waals surface area contributed by atoms with Gasteiger partial charge in [0.25, 0.3) is 0 Å². The maximum atomic E-state index is 6.17. The molecule has 1 aliphatic carbocycles. The first-order chi connectivity index (χ1) is 8.25. The Labute approximate surface area is 104 Å². The predicted molar refractivity (Wildman–Crippen MR) is 71.0 cm³/mol. The zero-order valence-electron chi connectivity index (χ0n) is 10.6. The van der Waals surface area contributed by atoms with Gasteiger partial charge in [-0.3, -0.25) is 0 Å². The number of benzene rings is 1. The summed E-state index contributed by atoms with van der Waals surface area (Å²) >= 11 is 0. The Morgan fingerprint density at radius 2 is 2.00 bits per heavy atom. The van der Waals surface area contributed by atoms with Crippen molar-refractivity contribution in [3.8, 4) is 5.75 Å². The molecule has 2 rings (SSSR count). The Kier molecular flexibility index (Phi) is 4.43. The van der Waals surface area contributed by atoms with E-state index in [1.165, 1.54) is 19.3 Å². The summed E-state index contributed by atoms with van der Waals surface area (Å²) in [6.07, 6.45) is 4.81. The summed E-state index contributed by atoms with van der Waals surface area (Å²) in [6, 6.07) is 10.4. The molecule has 1 aliphatic rings. The van der Waals surface area contributed by atoms with E-state index >= 15 is 0 Å². The van der Waals surface area contributed by atoms with Crippen LogP contribution in [0.1, 0.15) is 32.6 Å². The monoisotopic (exact) mass is 233 g/mol.